The number of nitrogen functional groups attached to an aromatic ring is 1. The predicted molar refractivity (Wildman–Crippen MR) is 151 cm³/mol. The molecule has 1 fully saturated rings. The van der Waals surface area contributed by atoms with Crippen molar-refractivity contribution in [2.24, 2.45) is 5.92 Å². The summed E-state index contributed by atoms with van der Waals surface area (Å²) in [6, 6.07) is 3.37. The molecule has 0 aromatic carbocycles. The molecule has 204 valence electrons. The van der Waals surface area contributed by atoms with Crippen LogP contribution in [-0.4, -0.2) is 45.6 Å². The normalized spacial score (nSPS) is 14.9. The number of nitrogens with one attached hydrogen (secondary N) is 2. The lowest BCUT2D eigenvalue weighted by molar-refractivity contribution is -0.126. The molecule has 8 nitrogen and oxygen atoms in total. The van der Waals surface area contributed by atoms with Crippen molar-refractivity contribution in [3.8, 4) is 0 Å². The Morgan fingerprint density at radius 2 is 1.95 bits per heavy atom. The van der Waals surface area contributed by atoms with Crippen LogP contribution in [0.3, 0.4) is 0 Å². The monoisotopic (exact) mass is 547 g/mol. The Kier molecular flexibility index (Phi) is 11.4. The van der Waals surface area contributed by atoms with Crippen LogP contribution in [0.5, 0.6) is 0 Å². The number of aromatic nitrogens is 1. The van der Waals surface area contributed by atoms with Gasteiger partial charge in [-0.2, -0.15) is 4.37 Å². The molecule has 2 aromatic heterocycles. The number of anilines is 1. The molecular weight excluding hydrogens is 506 g/mol. The fourth-order valence-corrected chi connectivity index (χ4v) is 6.02. The van der Waals surface area contributed by atoms with Crippen LogP contribution in [0, 0.1) is 5.92 Å². The zero-order valence-corrected chi connectivity index (χ0v) is 23.9. The van der Waals surface area contributed by atoms with Gasteiger partial charge in [-0.05, 0) is 54.6 Å². The van der Waals surface area contributed by atoms with Crippen LogP contribution in [0.15, 0.2) is 17.5 Å². The van der Waals surface area contributed by atoms with Gasteiger partial charge in [0.15, 0.2) is 5.69 Å². The van der Waals surface area contributed by atoms with Crippen molar-refractivity contribution in [2.75, 3.05) is 12.3 Å². The number of hydrogen-bond donors (Lipinski definition) is 3. The number of thiophene rings is 1. The maximum atomic E-state index is 13.9. The number of rotatable bonds is 13. The summed E-state index contributed by atoms with van der Waals surface area (Å²) in [4.78, 5) is 43.0. The van der Waals surface area contributed by atoms with Crippen LogP contribution in [0.1, 0.15) is 104 Å². The van der Waals surface area contributed by atoms with E-state index in [1.54, 1.807) is 4.90 Å². The zero-order valence-electron chi connectivity index (χ0n) is 22.3. The quantitative estimate of drug-likeness (QED) is 0.318. The molecule has 0 radical (unpaired) electrons. The van der Waals surface area contributed by atoms with Crippen molar-refractivity contribution in [2.45, 2.75) is 97.2 Å². The molecule has 1 aliphatic rings. The minimum atomic E-state index is -0.636. The van der Waals surface area contributed by atoms with E-state index in [0.29, 0.717) is 25.4 Å². The average Bonchev–Trinajstić information content (AvgIpc) is 3.53. The number of unbranched alkanes of at least 4 members (excludes halogenated alkanes) is 1. The van der Waals surface area contributed by atoms with Crippen molar-refractivity contribution in [1.82, 2.24) is 19.9 Å². The fraction of sp³-hybridized carbons (Fsp3) is 0.630. The largest absolute Gasteiger partial charge is 0.395 e. The van der Waals surface area contributed by atoms with Gasteiger partial charge in [-0.15, -0.1) is 11.3 Å². The van der Waals surface area contributed by atoms with E-state index in [0.717, 1.165) is 61.4 Å². The first kappa shape index (κ1) is 29.1. The Bertz CT molecular complexity index is 1020. The molecule has 0 unspecified atom stereocenters. The van der Waals surface area contributed by atoms with Crippen LogP contribution < -0.4 is 16.4 Å². The highest BCUT2D eigenvalue weighted by Crippen LogP contribution is 2.28. The van der Waals surface area contributed by atoms with E-state index < -0.39 is 6.04 Å². The SMILES string of the molecule is CCCC[C@@H](C(=O)NCCC(C)C)N(Cc1cccs1)C(=O)c1snc(C(=O)NC2CCCCC2)c1N. The highest BCUT2D eigenvalue weighted by molar-refractivity contribution is 7.10. The lowest BCUT2D eigenvalue weighted by Gasteiger charge is -2.30. The van der Waals surface area contributed by atoms with Crippen LogP contribution in [0.25, 0.3) is 0 Å². The highest BCUT2D eigenvalue weighted by atomic mass is 32.1. The fourth-order valence-electron chi connectivity index (χ4n) is 4.57. The van der Waals surface area contributed by atoms with Gasteiger partial charge >= 0.3 is 0 Å². The van der Waals surface area contributed by atoms with Crippen molar-refractivity contribution >= 4 is 46.3 Å². The molecule has 0 aliphatic heterocycles. The second kappa shape index (κ2) is 14.5. The molecule has 1 atom stereocenters. The predicted octanol–water partition coefficient (Wildman–Crippen LogP) is 5.21. The van der Waals surface area contributed by atoms with Gasteiger partial charge in [0, 0.05) is 17.5 Å². The van der Waals surface area contributed by atoms with Gasteiger partial charge in [-0.3, -0.25) is 14.4 Å². The number of nitrogens with two attached hydrogens (primary N) is 1. The summed E-state index contributed by atoms with van der Waals surface area (Å²) in [5.41, 5.74) is 6.54. The van der Waals surface area contributed by atoms with Crippen molar-refractivity contribution < 1.29 is 14.4 Å². The number of hydrogen-bond acceptors (Lipinski definition) is 7. The van der Waals surface area contributed by atoms with Crippen molar-refractivity contribution in [3.63, 3.8) is 0 Å². The van der Waals surface area contributed by atoms with Gasteiger partial charge < -0.3 is 21.3 Å². The maximum Gasteiger partial charge on any atom is 0.273 e. The molecule has 10 heteroatoms. The van der Waals surface area contributed by atoms with Gasteiger partial charge in [-0.25, -0.2) is 0 Å². The molecule has 0 saturated heterocycles. The molecule has 1 aliphatic carbocycles. The summed E-state index contributed by atoms with van der Waals surface area (Å²) < 4.78 is 4.28. The molecule has 4 N–H and O–H groups in total. The summed E-state index contributed by atoms with van der Waals surface area (Å²) in [5.74, 6) is -0.385. The van der Waals surface area contributed by atoms with Gasteiger partial charge in [0.2, 0.25) is 5.91 Å². The summed E-state index contributed by atoms with van der Waals surface area (Å²) in [6.45, 7) is 7.15. The Labute approximate surface area is 228 Å². The number of carbonyl (C=O) groups excluding carboxylic acids is 3. The minimum Gasteiger partial charge on any atom is -0.395 e. The van der Waals surface area contributed by atoms with Crippen molar-refractivity contribution in [3.05, 3.63) is 33.0 Å². The molecule has 2 aromatic rings. The second-order valence-corrected chi connectivity index (χ2v) is 12.0. The highest BCUT2D eigenvalue weighted by Gasteiger charge is 2.34. The van der Waals surface area contributed by atoms with E-state index in [1.165, 1.54) is 17.8 Å². The Balaban J connectivity index is 1.84. The molecule has 0 spiro atoms. The minimum absolute atomic E-state index is 0.0916. The zero-order chi connectivity index (χ0) is 26.8. The molecule has 1 saturated carbocycles. The third-order valence-corrected chi connectivity index (χ3v) is 8.49. The number of nitrogens with zero attached hydrogens (tertiary/aromatic N) is 2. The summed E-state index contributed by atoms with van der Waals surface area (Å²) in [5, 5.41) is 8.02. The smallest absolute Gasteiger partial charge is 0.273 e. The molecule has 3 amide bonds. The lowest BCUT2D eigenvalue weighted by atomic mass is 9.95. The number of carbonyl (C=O) groups is 3. The Morgan fingerprint density at radius 1 is 1.19 bits per heavy atom. The standard InChI is InChI=1S/C27H41N5O3S2/c1-4-5-13-21(25(33)29-15-14-18(2)3)32(17-20-12-9-16-36-20)27(35)24-22(28)23(31-37-24)26(34)30-19-10-7-6-8-11-19/h9,12,16,18-19,21H,4-8,10-11,13-15,17,28H2,1-3H3,(H,29,33)(H,30,34)/t21-/m0/s1. The number of amides is 3. The average molecular weight is 548 g/mol. The Morgan fingerprint density at radius 3 is 2.59 bits per heavy atom. The second-order valence-electron chi connectivity index (χ2n) is 10.2. The molecule has 37 heavy (non-hydrogen) atoms. The van der Waals surface area contributed by atoms with Crippen LogP contribution in [0.2, 0.25) is 0 Å². The molecule has 0 bridgehead atoms. The van der Waals surface area contributed by atoms with E-state index >= 15 is 0 Å². The van der Waals surface area contributed by atoms with Gasteiger partial charge in [-0.1, -0.05) is 58.9 Å². The van der Waals surface area contributed by atoms with Gasteiger partial charge in [0.05, 0.1) is 12.2 Å². The van der Waals surface area contributed by atoms with E-state index in [9.17, 15) is 14.4 Å². The van der Waals surface area contributed by atoms with E-state index in [1.807, 2.05) is 17.5 Å². The first-order valence-electron chi connectivity index (χ1n) is 13.5. The van der Waals surface area contributed by atoms with Gasteiger partial charge in [0.1, 0.15) is 10.9 Å². The topological polar surface area (TPSA) is 117 Å². The van der Waals surface area contributed by atoms with E-state index in [-0.39, 0.29) is 40.0 Å². The van der Waals surface area contributed by atoms with Crippen LogP contribution in [-0.2, 0) is 11.3 Å². The van der Waals surface area contributed by atoms with Crippen LogP contribution in [0.4, 0.5) is 5.69 Å². The van der Waals surface area contributed by atoms with E-state index in [2.05, 4.69) is 35.8 Å². The summed E-state index contributed by atoms with van der Waals surface area (Å²) in [6.07, 6.45) is 8.40. The third-order valence-electron chi connectivity index (χ3n) is 6.78. The molecular formula is C27H41N5O3S2. The molecule has 2 heterocycles. The maximum absolute atomic E-state index is 13.9. The third kappa shape index (κ3) is 8.26. The Hall–Kier alpha value is -2.46. The summed E-state index contributed by atoms with van der Waals surface area (Å²) >= 11 is 2.47. The van der Waals surface area contributed by atoms with Crippen molar-refractivity contribution in [1.29, 1.82) is 0 Å². The van der Waals surface area contributed by atoms with Crippen LogP contribution >= 0.6 is 22.9 Å². The van der Waals surface area contributed by atoms with Gasteiger partial charge in [0.25, 0.3) is 11.8 Å². The first-order chi connectivity index (χ1) is 17.8. The van der Waals surface area contributed by atoms with E-state index in [4.69, 9.17) is 5.73 Å². The summed E-state index contributed by atoms with van der Waals surface area (Å²) in [7, 11) is 0. The molecule has 3 rings (SSSR count). The lowest BCUT2D eigenvalue weighted by Crippen LogP contribution is -2.49. The first-order valence-corrected chi connectivity index (χ1v) is 15.1.